The van der Waals surface area contributed by atoms with E-state index in [9.17, 15) is 23.7 Å². The maximum Gasteiger partial charge on any atom is 0.364 e. The molecule has 9 heteroatoms. The molecular formula is C10H7F2N3O4. The predicted octanol–water partition coefficient (Wildman–Crippen LogP) is 1.98. The zero-order valence-electron chi connectivity index (χ0n) is 9.59. The molecule has 0 unspecified atom stereocenters. The first-order valence-corrected chi connectivity index (χ1v) is 4.97. The summed E-state index contributed by atoms with van der Waals surface area (Å²) in [6.07, 6.45) is -3.11. The number of rotatable bonds is 4. The van der Waals surface area contributed by atoms with Crippen LogP contribution in [0.5, 0.6) is 0 Å². The lowest BCUT2D eigenvalue weighted by Crippen LogP contribution is -2.13. The zero-order valence-corrected chi connectivity index (χ0v) is 9.59. The highest BCUT2D eigenvalue weighted by Gasteiger charge is 2.28. The molecular weight excluding hydrogens is 264 g/mol. The lowest BCUT2D eigenvalue weighted by Gasteiger charge is -2.06. The van der Waals surface area contributed by atoms with E-state index in [4.69, 9.17) is 5.26 Å². The van der Waals surface area contributed by atoms with Gasteiger partial charge in [0, 0.05) is 6.07 Å². The van der Waals surface area contributed by atoms with Gasteiger partial charge in [-0.25, -0.2) is 18.6 Å². The highest BCUT2D eigenvalue weighted by atomic mass is 19.3. The molecule has 7 nitrogen and oxygen atoms in total. The van der Waals surface area contributed by atoms with Crippen molar-refractivity contribution in [1.82, 2.24) is 4.98 Å². The Hall–Kier alpha value is -2.63. The molecule has 0 bridgehead atoms. The van der Waals surface area contributed by atoms with Crippen LogP contribution in [0.4, 0.5) is 14.5 Å². The molecule has 0 spiro atoms. The summed E-state index contributed by atoms with van der Waals surface area (Å²) >= 11 is 0. The maximum atomic E-state index is 12.6. The number of hydrogen-bond acceptors (Lipinski definition) is 6. The van der Waals surface area contributed by atoms with E-state index in [1.54, 1.807) is 0 Å². The fourth-order valence-electron chi connectivity index (χ4n) is 1.26. The number of pyridine rings is 1. The van der Waals surface area contributed by atoms with Crippen LogP contribution in [0.25, 0.3) is 0 Å². The number of carbonyl (C=O) groups is 1. The lowest BCUT2D eigenvalue weighted by atomic mass is 10.1. The van der Waals surface area contributed by atoms with E-state index in [-0.39, 0.29) is 6.61 Å². The number of aromatic nitrogens is 1. The number of carbonyl (C=O) groups excluding carboxylic acids is 1. The molecule has 0 amide bonds. The number of nitriles is 1. The van der Waals surface area contributed by atoms with Crippen molar-refractivity contribution in [2.45, 2.75) is 13.3 Å². The molecule has 0 saturated heterocycles. The van der Waals surface area contributed by atoms with Crippen LogP contribution in [0.1, 0.15) is 35.1 Å². The second kappa shape index (κ2) is 5.81. The summed E-state index contributed by atoms with van der Waals surface area (Å²) in [5.41, 5.74) is -3.34. The average molecular weight is 271 g/mol. The molecule has 19 heavy (non-hydrogen) atoms. The third-order valence-corrected chi connectivity index (χ3v) is 2.04. The van der Waals surface area contributed by atoms with Gasteiger partial charge in [-0.05, 0) is 6.92 Å². The van der Waals surface area contributed by atoms with Crippen molar-refractivity contribution in [2.75, 3.05) is 6.61 Å². The normalized spacial score (nSPS) is 10.1. The van der Waals surface area contributed by atoms with Gasteiger partial charge in [0.15, 0.2) is 5.69 Å². The van der Waals surface area contributed by atoms with Gasteiger partial charge in [-0.3, -0.25) is 10.1 Å². The van der Waals surface area contributed by atoms with Crippen molar-refractivity contribution in [3.8, 4) is 6.07 Å². The molecule has 1 aromatic rings. The molecule has 1 heterocycles. The van der Waals surface area contributed by atoms with Gasteiger partial charge < -0.3 is 4.74 Å². The molecule has 100 valence electrons. The topological polar surface area (TPSA) is 106 Å². The van der Waals surface area contributed by atoms with E-state index in [1.807, 2.05) is 0 Å². The van der Waals surface area contributed by atoms with Crippen LogP contribution in [0.15, 0.2) is 6.07 Å². The van der Waals surface area contributed by atoms with Crippen molar-refractivity contribution in [2.24, 2.45) is 0 Å². The SMILES string of the molecule is CCOC(=O)c1nc(C#N)c(C(F)F)cc1[N+](=O)[O-]. The molecule has 0 N–H and O–H groups in total. The Morgan fingerprint density at radius 3 is 2.74 bits per heavy atom. The van der Waals surface area contributed by atoms with E-state index in [1.165, 1.54) is 13.0 Å². The second-order valence-electron chi connectivity index (χ2n) is 3.18. The number of halogens is 2. The van der Waals surface area contributed by atoms with Crippen LogP contribution in [-0.2, 0) is 4.74 Å². The molecule has 0 aliphatic heterocycles. The van der Waals surface area contributed by atoms with Crippen LogP contribution < -0.4 is 0 Å². The van der Waals surface area contributed by atoms with Gasteiger partial charge in [0.05, 0.1) is 17.1 Å². The summed E-state index contributed by atoms with van der Waals surface area (Å²) in [4.78, 5) is 24.4. The summed E-state index contributed by atoms with van der Waals surface area (Å²) < 4.78 is 29.7. The third-order valence-electron chi connectivity index (χ3n) is 2.04. The summed E-state index contributed by atoms with van der Waals surface area (Å²) in [5, 5.41) is 19.4. The largest absolute Gasteiger partial charge is 0.461 e. The van der Waals surface area contributed by atoms with Gasteiger partial charge >= 0.3 is 11.7 Å². The zero-order chi connectivity index (χ0) is 14.6. The molecule has 0 radical (unpaired) electrons. The van der Waals surface area contributed by atoms with Crippen LogP contribution in [0.2, 0.25) is 0 Å². The van der Waals surface area contributed by atoms with Crippen molar-refractivity contribution >= 4 is 11.7 Å². The standard InChI is InChI=1S/C10H7F2N3O4/c1-2-19-10(16)8-7(15(17)18)3-5(9(11)12)6(4-13)14-8/h3,9H,2H2,1H3. The van der Waals surface area contributed by atoms with E-state index < -0.39 is 40.0 Å². The lowest BCUT2D eigenvalue weighted by molar-refractivity contribution is -0.385. The van der Waals surface area contributed by atoms with Crippen molar-refractivity contribution in [3.05, 3.63) is 33.1 Å². The highest BCUT2D eigenvalue weighted by molar-refractivity contribution is 5.92. The first kappa shape index (κ1) is 14.4. The van der Waals surface area contributed by atoms with Crippen molar-refractivity contribution < 1.29 is 23.2 Å². The first-order valence-electron chi connectivity index (χ1n) is 4.97. The minimum atomic E-state index is -3.11. The Morgan fingerprint density at radius 2 is 2.32 bits per heavy atom. The van der Waals surface area contributed by atoms with Crippen LogP contribution in [-0.4, -0.2) is 22.5 Å². The number of ether oxygens (including phenoxy) is 1. The molecule has 1 rings (SSSR count). The second-order valence-corrected chi connectivity index (χ2v) is 3.18. The third kappa shape index (κ3) is 2.98. The molecule has 0 aliphatic rings. The van der Waals surface area contributed by atoms with Gasteiger partial charge in [0.2, 0.25) is 5.69 Å². The molecule has 0 saturated carbocycles. The number of hydrogen-bond donors (Lipinski definition) is 0. The monoisotopic (exact) mass is 271 g/mol. The number of esters is 1. The maximum absolute atomic E-state index is 12.6. The van der Waals surface area contributed by atoms with E-state index in [0.29, 0.717) is 6.07 Å². The minimum absolute atomic E-state index is 0.0733. The Morgan fingerprint density at radius 1 is 1.68 bits per heavy atom. The molecule has 0 aliphatic carbocycles. The minimum Gasteiger partial charge on any atom is -0.461 e. The van der Waals surface area contributed by atoms with Crippen molar-refractivity contribution in [3.63, 3.8) is 0 Å². The summed E-state index contributed by atoms with van der Waals surface area (Å²) in [6.45, 7) is 1.39. The van der Waals surface area contributed by atoms with Gasteiger partial charge in [0.25, 0.3) is 6.43 Å². The van der Waals surface area contributed by atoms with Crippen LogP contribution in [0, 0.1) is 21.4 Å². The average Bonchev–Trinajstić information content (AvgIpc) is 2.36. The van der Waals surface area contributed by atoms with Gasteiger partial charge in [0.1, 0.15) is 6.07 Å². The fraction of sp³-hybridized carbons (Fsp3) is 0.300. The van der Waals surface area contributed by atoms with Gasteiger partial charge in [-0.2, -0.15) is 5.26 Å². The van der Waals surface area contributed by atoms with Gasteiger partial charge in [-0.1, -0.05) is 0 Å². The Bertz CT molecular complexity index is 569. The molecule has 0 fully saturated rings. The Labute approximate surface area is 105 Å². The van der Waals surface area contributed by atoms with Crippen LogP contribution >= 0.6 is 0 Å². The fourth-order valence-corrected chi connectivity index (χ4v) is 1.26. The molecule has 0 aromatic carbocycles. The number of alkyl halides is 2. The van der Waals surface area contributed by atoms with E-state index >= 15 is 0 Å². The smallest absolute Gasteiger partial charge is 0.364 e. The summed E-state index contributed by atoms with van der Waals surface area (Å²) in [6, 6.07) is 1.82. The number of nitro groups is 1. The van der Waals surface area contributed by atoms with Crippen molar-refractivity contribution in [1.29, 1.82) is 5.26 Å². The Balaban J connectivity index is 3.50. The molecule has 1 aromatic heterocycles. The summed E-state index contributed by atoms with van der Waals surface area (Å²) in [7, 11) is 0. The van der Waals surface area contributed by atoms with Crippen LogP contribution in [0.3, 0.4) is 0 Å². The quantitative estimate of drug-likeness (QED) is 0.470. The van der Waals surface area contributed by atoms with Gasteiger partial charge in [-0.15, -0.1) is 0 Å². The molecule has 0 atom stereocenters. The van der Waals surface area contributed by atoms with E-state index in [2.05, 4.69) is 9.72 Å². The summed E-state index contributed by atoms with van der Waals surface area (Å²) in [5.74, 6) is -1.15. The Kier molecular flexibility index (Phi) is 4.41. The number of nitrogens with zero attached hydrogens (tertiary/aromatic N) is 3. The van der Waals surface area contributed by atoms with E-state index in [0.717, 1.165) is 0 Å². The predicted molar refractivity (Wildman–Crippen MR) is 56.5 cm³/mol. The first-order chi connectivity index (χ1) is 8.92. The highest BCUT2D eigenvalue weighted by Crippen LogP contribution is 2.28.